The first kappa shape index (κ1) is 10.6. The number of rotatable bonds is 2. The lowest BCUT2D eigenvalue weighted by Gasteiger charge is -2.20. The molecule has 1 aliphatic heterocycles. The predicted octanol–water partition coefficient (Wildman–Crippen LogP) is 2.35. The van der Waals surface area contributed by atoms with Crippen LogP contribution in [0.25, 0.3) is 0 Å². The molecule has 82 valence electrons. The quantitative estimate of drug-likeness (QED) is 0.844. The molecule has 0 saturated carbocycles. The van der Waals surface area contributed by atoms with E-state index in [4.69, 9.17) is 26.8 Å². The molecule has 3 nitrogen and oxygen atoms in total. The molecule has 0 amide bonds. The van der Waals surface area contributed by atoms with Gasteiger partial charge >= 0.3 is 0 Å². The van der Waals surface area contributed by atoms with Crippen LogP contribution in [0.2, 0.25) is 5.02 Å². The summed E-state index contributed by atoms with van der Waals surface area (Å²) >= 11 is 6.12. The number of hydrogen-bond acceptors (Lipinski definition) is 3. The highest BCUT2D eigenvalue weighted by Crippen LogP contribution is 2.40. The summed E-state index contributed by atoms with van der Waals surface area (Å²) in [7, 11) is 0. The van der Waals surface area contributed by atoms with Crippen molar-refractivity contribution in [1.29, 1.82) is 0 Å². The van der Waals surface area contributed by atoms with E-state index in [9.17, 15) is 0 Å². The Morgan fingerprint density at radius 2 is 2.13 bits per heavy atom. The van der Waals surface area contributed by atoms with Gasteiger partial charge in [-0.05, 0) is 32.4 Å². The molecule has 0 bridgehead atoms. The molecular formula is C11H14ClNO2. The summed E-state index contributed by atoms with van der Waals surface area (Å²) in [6, 6.07) is 3.63. The summed E-state index contributed by atoms with van der Waals surface area (Å²) in [5.41, 5.74) is 6.59. The van der Waals surface area contributed by atoms with Crippen LogP contribution in [0.4, 0.5) is 0 Å². The number of hydrogen-bond donors (Lipinski definition) is 1. The molecular weight excluding hydrogens is 214 g/mol. The second-order valence-corrected chi connectivity index (χ2v) is 4.83. The Hall–Kier alpha value is -0.930. The molecule has 1 aliphatic rings. The van der Waals surface area contributed by atoms with Gasteiger partial charge in [-0.15, -0.1) is 0 Å². The van der Waals surface area contributed by atoms with Gasteiger partial charge in [-0.1, -0.05) is 11.6 Å². The molecule has 1 aromatic carbocycles. The Morgan fingerprint density at radius 3 is 2.80 bits per heavy atom. The minimum atomic E-state index is -0.315. The van der Waals surface area contributed by atoms with Gasteiger partial charge in [0.05, 0.1) is 0 Å². The van der Waals surface area contributed by atoms with Gasteiger partial charge in [-0.25, -0.2) is 0 Å². The largest absolute Gasteiger partial charge is 0.454 e. The summed E-state index contributed by atoms with van der Waals surface area (Å²) in [6.07, 6.45) is 0.665. The zero-order chi connectivity index (χ0) is 11.1. The number of nitrogens with two attached hydrogens (primary N) is 1. The standard InChI is InChI=1S/C11H14ClNO2/c1-11(2,13)5-7-8(12)3-4-9-10(7)15-6-14-9/h3-4H,5-6,13H2,1-2H3. The predicted molar refractivity (Wildman–Crippen MR) is 59.5 cm³/mol. The van der Waals surface area contributed by atoms with E-state index >= 15 is 0 Å². The first-order valence-corrected chi connectivity index (χ1v) is 5.21. The van der Waals surface area contributed by atoms with Crippen molar-refractivity contribution < 1.29 is 9.47 Å². The molecule has 0 spiro atoms. The van der Waals surface area contributed by atoms with Gasteiger partial charge in [0.1, 0.15) is 0 Å². The van der Waals surface area contributed by atoms with E-state index in [1.165, 1.54) is 0 Å². The Bertz CT molecular complexity index is 385. The van der Waals surface area contributed by atoms with Gasteiger partial charge in [0, 0.05) is 16.1 Å². The van der Waals surface area contributed by atoms with E-state index in [1.807, 2.05) is 26.0 Å². The van der Waals surface area contributed by atoms with E-state index < -0.39 is 0 Å². The van der Waals surface area contributed by atoms with Crippen LogP contribution in [-0.2, 0) is 6.42 Å². The third-order valence-corrected chi connectivity index (χ3v) is 2.57. The fraction of sp³-hybridized carbons (Fsp3) is 0.455. The minimum Gasteiger partial charge on any atom is -0.454 e. The molecule has 0 atom stereocenters. The first-order valence-electron chi connectivity index (χ1n) is 4.83. The SMILES string of the molecule is CC(C)(N)Cc1c(Cl)ccc2c1OCO2. The van der Waals surface area contributed by atoms with Crippen LogP contribution in [0.3, 0.4) is 0 Å². The summed E-state index contributed by atoms with van der Waals surface area (Å²) in [5.74, 6) is 1.49. The molecule has 1 aromatic rings. The molecule has 4 heteroatoms. The number of fused-ring (bicyclic) bond motifs is 1. The lowest BCUT2D eigenvalue weighted by molar-refractivity contribution is 0.173. The molecule has 0 fully saturated rings. The summed E-state index contributed by atoms with van der Waals surface area (Å²) in [4.78, 5) is 0. The maximum atomic E-state index is 6.12. The zero-order valence-corrected chi connectivity index (χ0v) is 9.60. The van der Waals surface area contributed by atoms with E-state index in [0.717, 1.165) is 17.1 Å². The molecule has 15 heavy (non-hydrogen) atoms. The molecule has 0 aromatic heterocycles. The van der Waals surface area contributed by atoms with Crippen molar-refractivity contribution in [3.63, 3.8) is 0 Å². The monoisotopic (exact) mass is 227 g/mol. The molecule has 0 aliphatic carbocycles. The topological polar surface area (TPSA) is 44.5 Å². The number of halogens is 1. The third-order valence-electron chi connectivity index (χ3n) is 2.22. The van der Waals surface area contributed by atoms with Crippen LogP contribution >= 0.6 is 11.6 Å². The van der Waals surface area contributed by atoms with Gasteiger partial charge in [-0.2, -0.15) is 0 Å². The van der Waals surface area contributed by atoms with Crippen LogP contribution in [0.1, 0.15) is 19.4 Å². The van der Waals surface area contributed by atoms with Gasteiger partial charge in [0.25, 0.3) is 0 Å². The fourth-order valence-corrected chi connectivity index (χ4v) is 1.84. The smallest absolute Gasteiger partial charge is 0.231 e. The van der Waals surface area contributed by atoms with E-state index in [1.54, 1.807) is 0 Å². The summed E-state index contributed by atoms with van der Waals surface area (Å²) in [5, 5.41) is 0.678. The Balaban J connectivity index is 2.41. The van der Waals surface area contributed by atoms with Crippen LogP contribution in [-0.4, -0.2) is 12.3 Å². The van der Waals surface area contributed by atoms with Crippen molar-refractivity contribution in [2.45, 2.75) is 25.8 Å². The van der Waals surface area contributed by atoms with Crippen molar-refractivity contribution in [3.8, 4) is 11.5 Å². The Kier molecular flexibility index (Phi) is 2.52. The van der Waals surface area contributed by atoms with E-state index in [0.29, 0.717) is 11.4 Å². The number of ether oxygens (including phenoxy) is 2. The van der Waals surface area contributed by atoms with Gasteiger partial charge in [0.2, 0.25) is 6.79 Å². The average molecular weight is 228 g/mol. The maximum absolute atomic E-state index is 6.12. The normalized spacial score (nSPS) is 14.4. The van der Waals surface area contributed by atoms with Crippen LogP contribution in [0, 0.1) is 0 Å². The Morgan fingerprint density at radius 1 is 1.40 bits per heavy atom. The number of benzene rings is 1. The van der Waals surface area contributed by atoms with Crippen molar-refractivity contribution in [3.05, 3.63) is 22.7 Å². The van der Waals surface area contributed by atoms with Gasteiger partial charge in [-0.3, -0.25) is 0 Å². The highest BCUT2D eigenvalue weighted by molar-refractivity contribution is 6.31. The van der Waals surface area contributed by atoms with Crippen molar-refractivity contribution in [2.75, 3.05) is 6.79 Å². The Labute approximate surface area is 94.1 Å². The van der Waals surface area contributed by atoms with Crippen LogP contribution in [0.15, 0.2) is 12.1 Å². The van der Waals surface area contributed by atoms with E-state index in [2.05, 4.69) is 0 Å². The van der Waals surface area contributed by atoms with Crippen LogP contribution in [0.5, 0.6) is 11.5 Å². The minimum absolute atomic E-state index is 0.258. The van der Waals surface area contributed by atoms with Crippen LogP contribution < -0.4 is 15.2 Å². The maximum Gasteiger partial charge on any atom is 0.231 e. The van der Waals surface area contributed by atoms with Crippen molar-refractivity contribution in [1.82, 2.24) is 0 Å². The molecule has 1 heterocycles. The molecule has 0 radical (unpaired) electrons. The summed E-state index contributed by atoms with van der Waals surface area (Å²) < 4.78 is 10.7. The second kappa shape index (κ2) is 3.58. The molecule has 0 saturated heterocycles. The molecule has 2 rings (SSSR count). The molecule has 0 unspecified atom stereocenters. The van der Waals surface area contributed by atoms with Gasteiger partial charge < -0.3 is 15.2 Å². The second-order valence-electron chi connectivity index (χ2n) is 4.43. The molecule has 2 N–H and O–H groups in total. The highest BCUT2D eigenvalue weighted by Gasteiger charge is 2.24. The summed E-state index contributed by atoms with van der Waals surface area (Å²) in [6.45, 7) is 4.17. The van der Waals surface area contributed by atoms with Crippen molar-refractivity contribution >= 4 is 11.6 Å². The lowest BCUT2D eigenvalue weighted by Crippen LogP contribution is -2.34. The van der Waals surface area contributed by atoms with Crippen molar-refractivity contribution in [2.24, 2.45) is 5.73 Å². The van der Waals surface area contributed by atoms with E-state index in [-0.39, 0.29) is 12.3 Å². The fourth-order valence-electron chi connectivity index (χ4n) is 1.63. The first-order chi connectivity index (χ1) is 6.97. The zero-order valence-electron chi connectivity index (χ0n) is 8.84. The van der Waals surface area contributed by atoms with Gasteiger partial charge in [0.15, 0.2) is 11.5 Å². The average Bonchev–Trinajstić information content (AvgIpc) is 2.56. The lowest BCUT2D eigenvalue weighted by atomic mass is 9.95. The third kappa shape index (κ3) is 2.19. The highest BCUT2D eigenvalue weighted by atomic mass is 35.5.